The van der Waals surface area contributed by atoms with Crippen LogP contribution in [-0.2, 0) is 12.8 Å². The molecule has 0 spiro atoms. The maximum absolute atomic E-state index is 12.9. The van der Waals surface area contributed by atoms with Crippen molar-refractivity contribution in [2.75, 3.05) is 0 Å². The van der Waals surface area contributed by atoms with Crippen LogP contribution in [0.2, 0.25) is 0 Å². The normalized spacial score (nSPS) is 11.0. The lowest BCUT2D eigenvalue weighted by Crippen LogP contribution is -2.09. The predicted octanol–water partition coefficient (Wildman–Crippen LogP) is 3.86. The number of hydrogen-bond donors (Lipinski definition) is 1. The summed E-state index contributed by atoms with van der Waals surface area (Å²) < 4.78 is 43.9. The summed E-state index contributed by atoms with van der Waals surface area (Å²) in [6.07, 6.45) is -4.57. The molecule has 6 heteroatoms. The van der Waals surface area contributed by atoms with Gasteiger partial charge in [0.15, 0.2) is 0 Å². The minimum Gasteiger partial charge on any atom is -0.457 e. The molecule has 2 aromatic rings. The third-order valence-corrected chi connectivity index (χ3v) is 2.78. The first-order valence-corrected chi connectivity index (χ1v) is 5.93. The van der Waals surface area contributed by atoms with Gasteiger partial charge in [-0.3, -0.25) is 0 Å². The molecule has 0 atom stereocenters. The van der Waals surface area contributed by atoms with E-state index < -0.39 is 18.3 Å². The topological polar surface area (TPSA) is 53.2 Å². The first-order chi connectivity index (χ1) is 9.94. The lowest BCUT2D eigenvalue weighted by atomic mass is 10.1. The smallest absolute Gasteiger partial charge is 0.416 e. The highest BCUT2D eigenvalue weighted by molar-refractivity contribution is 5.41. The van der Waals surface area contributed by atoms with Crippen molar-refractivity contribution in [3.05, 3.63) is 59.2 Å². The lowest BCUT2D eigenvalue weighted by Gasteiger charge is -2.13. The van der Waals surface area contributed by atoms with E-state index in [-0.39, 0.29) is 11.3 Å². The summed E-state index contributed by atoms with van der Waals surface area (Å²) in [7, 11) is 0. The van der Waals surface area contributed by atoms with E-state index in [0.717, 1.165) is 6.07 Å². The second-order valence-corrected chi connectivity index (χ2v) is 4.21. The van der Waals surface area contributed by atoms with Crippen LogP contribution in [0.5, 0.6) is 11.5 Å². The van der Waals surface area contributed by atoms with Gasteiger partial charge >= 0.3 is 6.18 Å². The van der Waals surface area contributed by atoms with Gasteiger partial charge in [-0.2, -0.15) is 18.4 Å². The Morgan fingerprint density at radius 3 is 2.19 bits per heavy atom. The first kappa shape index (κ1) is 14.9. The van der Waals surface area contributed by atoms with Gasteiger partial charge in [-0.25, -0.2) is 0 Å². The fraction of sp³-hybridized carbons (Fsp3) is 0.133. The van der Waals surface area contributed by atoms with Gasteiger partial charge in [0.2, 0.25) is 0 Å². The molecule has 0 bridgehead atoms. The SMILES string of the molecule is N#Cc1ccc(Oc2ccc(CO)c(C(F)(F)F)c2)cc1. The van der Waals surface area contributed by atoms with Crippen LogP contribution in [-0.4, -0.2) is 5.11 Å². The molecular weight excluding hydrogens is 283 g/mol. The van der Waals surface area contributed by atoms with Crippen LogP contribution in [0.15, 0.2) is 42.5 Å². The quantitative estimate of drug-likeness (QED) is 0.934. The third kappa shape index (κ3) is 3.52. The Morgan fingerprint density at radius 1 is 1.05 bits per heavy atom. The van der Waals surface area contributed by atoms with Gasteiger partial charge in [-0.1, -0.05) is 6.07 Å². The number of halogens is 3. The number of hydrogen-bond acceptors (Lipinski definition) is 3. The number of rotatable bonds is 3. The molecule has 0 radical (unpaired) electrons. The highest BCUT2D eigenvalue weighted by Crippen LogP contribution is 2.35. The largest absolute Gasteiger partial charge is 0.457 e. The maximum atomic E-state index is 12.9. The van der Waals surface area contributed by atoms with Crippen molar-refractivity contribution in [2.24, 2.45) is 0 Å². The van der Waals surface area contributed by atoms with Gasteiger partial charge < -0.3 is 9.84 Å². The zero-order chi connectivity index (χ0) is 15.5. The van der Waals surface area contributed by atoms with E-state index in [1.807, 2.05) is 6.07 Å². The van der Waals surface area contributed by atoms with E-state index >= 15 is 0 Å². The Kier molecular flexibility index (Phi) is 4.15. The highest BCUT2D eigenvalue weighted by atomic mass is 19.4. The maximum Gasteiger partial charge on any atom is 0.416 e. The first-order valence-electron chi connectivity index (χ1n) is 5.93. The molecule has 108 valence electrons. The fourth-order valence-electron chi connectivity index (χ4n) is 1.75. The highest BCUT2D eigenvalue weighted by Gasteiger charge is 2.33. The number of nitrogens with zero attached hydrogens (tertiary/aromatic N) is 1. The number of nitriles is 1. The van der Waals surface area contributed by atoms with E-state index in [0.29, 0.717) is 11.3 Å². The number of aliphatic hydroxyl groups is 1. The third-order valence-electron chi connectivity index (χ3n) is 2.78. The molecule has 0 amide bonds. The van der Waals surface area contributed by atoms with E-state index in [2.05, 4.69) is 0 Å². The summed E-state index contributed by atoms with van der Waals surface area (Å²) in [4.78, 5) is 0. The lowest BCUT2D eigenvalue weighted by molar-refractivity contribution is -0.138. The second kappa shape index (κ2) is 5.85. The summed E-state index contributed by atoms with van der Waals surface area (Å²) in [5.74, 6) is 0.322. The summed E-state index contributed by atoms with van der Waals surface area (Å²) in [5, 5.41) is 17.6. The fourth-order valence-corrected chi connectivity index (χ4v) is 1.75. The van der Waals surface area contributed by atoms with Crippen LogP contribution in [0, 0.1) is 11.3 Å². The number of benzene rings is 2. The summed E-state index contributed by atoms with van der Waals surface area (Å²) in [5.41, 5.74) is -0.722. The molecule has 0 aliphatic rings. The summed E-state index contributed by atoms with van der Waals surface area (Å²) in [6, 6.07) is 11.3. The predicted molar refractivity (Wildman–Crippen MR) is 68.6 cm³/mol. The Bertz CT molecular complexity index is 673. The second-order valence-electron chi connectivity index (χ2n) is 4.21. The molecule has 21 heavy (non-hydrogen) atoms. The molecule has 2 aromatic carbocycles. The van der Waals surface area contributed by atoms with Crippen molar-refractivity contribution in [3.63, 3.8) is 0 Å². The standard InChI is InChI=1S/C15H10F3NO2/c16-15(17,18)14-7-13(6-3-11(14)9-20)21-12-4-1-10(8-19)2-5-12/h1-7,20H,9H2. The van der Waals surface area contributed by atoms with Crippen LogP contribution in [0.25, 0.3) is 0 Å². The minimum absolute atomic E-state index is 0.00392. The molecule has 0 aliphatic heterocycles. The average molecular weight is 293 g/mol. The molecule has 2 rings (SSSR count). The van der Waals surface area contributed by atoms with Gasteiger partial charge in [-0.15, -0.1) is 0 Å². The van der Waals surface area contributed by atoms with E-state index in [1.165, 1.54) is 36.4 Å². The Balaban J connectivity index is 2.30. The monoisotopic (exact) mass is 293 g/mol. The zero-order valence-electron chi connectivity index (χ0n) is 10.7. The van der Waals surface area contributed by atoms with E-state index in [1.54, 1.807) is 0 Å². The molecule has 0 fully saturated rings. The van der Waals surface area contributed by atoms with E-state index in [4.69, 9.17) is 15.1 Å². The summed E-state index contributed by atoms with van der Waals surface area (Å²) >= 11 is 0. The molecule has 0 heterocycles. The van der Waals surface area contributed by atoms with Gasteiger partial charge in [0.1, 0.15) is 11.5 Å². The Hall–Kier alpha value is -2.52. The molecule has 3 nitrogen and oxygen atoms in total. The molecule has 0 aliphatic carbocycles. The van der Waals surface area contributed by atoms with Crippen LogP contribution >= 0.6 is 0 Å². The van der Waals surface area contributed by atoms with Crippen LogP contribution in [0.1, 0.15) is 16.7 Å². The van der Waals surface area contributed by atoms with Crippen molar-refractivity contribution in [3.8, 4) is 17.6 Å². The molecule has 0 unspecified atom stereocenters. The minimum atomic E-state index is -4.57. The van der Waals surface area contributed by atoms with Crippen LogP contribution in [0.4, 0.5) is 13.2 Å². The number of ether oxygens (including phenoxy) is 1. The van der Waals surface area contributed by atoms with Gasteiger partial charge in [0, 0.05) is 0 Å². The van der Waals surface area contributed by atoms with Crippen molar-refractivity contribution in [1.82, 2.24) is 0 Å². The van der Waals surface area contributed by atoms with Gasteiger partial charge in [0.05, 0.1) is 23.8 Å². The molecule has 0 saturated heterocycles. The average Bonchev–Trinajstić information content (AvgIpc) is 2.47. The van der Waals surface area contributed by atoms with Crippen molar-refractivity contribution < 1.29 is 23.0 Å². The van der Waals surface area contributed by atoms with Gasteiger partial charge in [-0.05, 0) is 42.0 Å². The molecule has 0 saturated carbocycles. The van der Waals surface area contributed by atoms with Gasteiger partial charge in [0.25, 0.3) is 0 Å². The molecular formula is C15H10F3NO2. The van der Waals surface area contributed by atoms with Crippen molar-refractivity contribution >= 4 is 0 Å². The molecule has 1 N–H and O–H groups in total. The Labute approximate surface area is 118 Å². The van der Waals surface area contributed by atoms with Crippen molar-refractivity contribution in [2.45, 2.75) is 12.8 Å². The number of aliphatic hydroxyl groups excluding tert-OH is 1. The van der Waals surface area contributed by atoms with Crippen LogP contribution in [0.3, 0.4) is 0 Å². The Morgan fingerprint density at radius 2 is 1.67 bits per heavy atom. The van der Waals surface area contributed by atoms with E-state index in [9.17, 15) is 13.2 Å². The van der Waals surface area contributed by atoms with Crippen molar-refractivity contribution in [1.29, 1.82) is 5.26 Å². The number of alkyl halides is 3. The molecule has 0 aromatic heterocycles. The van der Waals surface area contributed by atoms with Crippen LogP contribution < -0.4 is 4.74 Å². The zero-order valence-corrected chi connectivity index (χ0v) is 10.7. The summed E-state index contributed by atoms with van der Waals surface area (Å²) in [6.45, 7) is -0.702.